The van der Waals surface area contributed by atoms with E-state index in [1.807, 2.05) is 20.8 Å². The Kier molecular flexibility index (Phi) is 5.95. The molecule has 1 atom stereocenters. The van der Waals surface area contributed by atoms with Gasteiger partial charge in [0.25, 0.3) is 11.5 Å². The topological polar surface area (TPSA) is 107 Å². The maximum atomic E-state index is 12.5. The van der Waals surface area contributed by atoms with Crippen molar-refractivity contribution in [2.45, 2.75) is 64.2 Å². The highest BCUT2D eigenvalue weighted by Gasteiger charge is 2.29. The van der Waals surface area contributed by atoms with Crippen LogP contribution < -0.4 is 15.6 Å². The van der Waals surface area contributed by atoms with Crippen LogP contribution in [0.1, 0.15) is 52.5 Å². The number of piperidine rings is 2. The summed E-state index contributed by atoms with van der Waals surface area (Å²) in [7, 11) is 0. The lowest BCUT2D eigenvalue weighted by Gasteiger charge is -2.34. The quantitative estimate of drug-likeness (QED) is 0.766. The fraction of sp³-hybridized carbons (Fsp3) is 0.600. The molecule has 0 unspecified atom stereocenters. The third-order valence-electron chi connectivity index (χ3n) is 4.90. The molecule has 2 fully saturated rings. The number of aromatic nitrogens is 1. The average Bonchev–Trinajstić information content (AvgIpc) is 2.63. The SMILES string of the molecule is CC(C)(C)OC(=O)N1CCC(n2ccc(O[C@H]3CCC(=O)NC3=O)cc2=O)CC1. The first kappa shape index (κ1) is 20.9. The molecule has 2 aliphatic heterocycles. The van der Waals surface area contributed by atoms with Crippen LogP contribution in [0.15, 0.2) is 23.1 Å². The Morgan fingerprint density at radius 2 is 1.83 bits per heavy atom. The Morgan fingerprint density at radius 1 is 1.14 bits per heavy atom. The second-order valence-corrected chi connectivity index (χ2v) is 8.36. The molecule has 1 aromatic rings. The first-order chi connectivity index (χ1) is 13.6. The summed E-state index contributed by atoms with van der Waals surface area (Å²) in [5, 5.41) is 2.23. The minimum Gasteiger partial charge on any atom is -0.480 e. The second-order valence-electron chi connectivity index (χ2n) is 8.36. The molecule has 9 nitrogen and oxygen atoms in total. The summed E-state index contributed by atoms with van der Waals surface area (Å²) in [6.07, 6.45) is 2.33. The van der Waals surface area contributed by atoms with Gasteiger partial charge in [-0.2, -0.15) is 0 Å². The number of amides is 3. The lowest BCUT2D eigenvalue weighted by molar-refractivity contribution is -0.138. The van der Waals surface area contributed by atoms with E-state index in [2.05, 4.69) is 5.32 Å². The molecule has 0 bridgehead atoms. The number of imide groups is 1. The Balaban J connectivity index is 1.59. The first-order valence-electron chi connectivity index (χ1n) is 9.83. The van der Waals surface area contributed by atoms with Gasteiger partial charge in [-0.3, -0.25) is 19.7 Å². The summed E-state index contributed by atoms with van der Waals surface area (Å²) in [5.41, 5.74) is -0.769. The molecule has 3 amide bonds. The van der Waals surface area contributed by atoms with Crippen molar-refractivity contribution in [3.8, 4) is 5.75 Å². The molecule has 2 aliphatic rings. The van der Waals surface area contributed by atoms with Gasteiger partial charge < -0.3 is 18.9 Å². The molecule has 158 valence electrons. The van der Waals surface area contributed by atoms with Crippen molar-refractivity contribution in [3.63, 3.8) is 0 Å². The van der Waals surface area contributed by atoms with Gasteiger partial charge >= 0.3 is 6.09 Å². The molecule has 0 spiro atoms. The summed E-state index contributed by atoms with van der Waals surface area (Å²) < 4.78 is 12.6. The third-order valence-corrected chi connectivity index (χ3v) is 4.90. The number of nitrogens with zero attached hydrogens (tertiary/aromatic N) is 2. The minimum atomic E-state index is -0.778. The number of hydrogen-bond donors (Lipinski definition) is 1. The number of rotatable bonds is 3. The molecule has 29 heavy (non-hydrogen) atoms. The minimum absolute atomic E-state index is 0.0224. The van der Waals surface area contributed by atoms with Crippen LogP contribution in [0.5, 0.6) is 5.75 Å². The third kappa shape index (κ3) is 5.36. The van der Waals surface area contributed by atoms with Gasteiger partial charge in [-0.05, 0) is 39.7 Å². The second kappa shape index (κ2) is 8.26. The highest BCUT2D eigenvalue weighted by molar-refractivity contribution is 5.99. The average molecular weight is 405 g/mol. The monoisotopic (exact) mass is 405 g/mol. The molecule has 0 saturated carbocycles. The summed E-state index contributed by atoms with van der Waals surface area (Å²) in [5.74, 6) is -0.505. The Hall–Kier alpha value is -2.84. The fourth-order valence-electron chi connectivity index (χ4n) is 3.45. The largest absolute Gasteiger partial charge is 0.480 e. The van der Waals surface area contributed by atoms with Crippen LogP contribution in [0, 0.1) is 0 Å². The molecule has 1 aromatic heterocycles. The van der Waals surface area contributed by atoms with E-state index in [1.165, 1.54) is 6.07 Å². The number of ether oxygens (including phenoxy) is 2. The smallest absolute Gasteiger partial charge is 0.410 e. The number of hydrogen-bond acceptors (Lipinski definition) is 6. The Morgan fingerprint density at radius 3 is 2.41 bits per heavy atom. The van der Waals surface area contributed by atoms with Crippen LogP contribution in [0.4, 0.5) is 4.79 Å². The normalized spacial score (nSPS) is 20.9. The zero-order chi connectivity index (χ0) is 21.2. The maximum Gasteiger partial charge on any atom is 0.410 e. The molecule has 3 rings (SSSR count). The van der Waals surface area contributed by atoms with Gasteiger partial charge in [-0.25, -0.2) is 4.79 Å². The molecule has 0 aliphatic carbocycles. The van der Waals surface area contributed by atoms with Crippen molar-refractivity contribution in [3.05, 3.63) is 28.7 Å². The summed E-state index contributed by atoms with van der Waals surface area (Å²) in [6.45, 7) is 6.52. The molecular weight excluding hydrogens is 378 g/mol. The number of carbonyl (C=O) groups is 3. The van der Waals surface area contributed by atoms with Crippen molar-refractivity contribution in [1.82, 2.24) is 14.8 Å². The van der Waals surface area contributed by atoms with Crippen LogP contribution in [-0.2, 0) is 14.3 Å². The van der Waals surface area contributed by atoms with E-state index < -0.39 is 17.6 Å². The highest BCUT2D eigenvalue weighted by Crippen LogP contribution is 2.24. The lowest BCUT2D eigenvalue weighted by Crippen LogP contribution is -2.46. The predicted octanol–water partition coefficient (Wildman–Crippen LogP) is 1.60. The standard InChI is InChI=1S/C20H27N3O6/c1-20(2,3)29-19(27)22-9-6-13(7-10-22)23-11-8-14(12-17(23)25)28-15-4-5-16(24)21-18(15)26/h8,11-13,15H,4-7,9-10H2,1-3H3,(H,21,24,26)/t15-/m0/s1. The highest BCUT2D eigenvalue weighted by atomic mass is 16.6. The number of pyridine rings is 1. The van der Waals surface area contributed by atoms with E-state index in [0.29, 0.717) is 31.7 Å². The number of nitrogens with one attached hydrogen (secondary N) is 1. The van der Waals surface area contributed by atoms with Gasteiger partial charge in [0.2, 0.25) is 5.91 Å². The van der Waals surface area contributed by atoms with Crippen molar-refractivity contribution in [2.24, 2.45) is 0 Å². The zero-order valence-electron chi connectivity index (χ0n) is 17.0. The van der Waals surface area contributed by atoms with Gasteiger partial charge in [0.15, 0.2) is 6.10 Å². The summed E-state index contributed by atoms with van der Waals surface area (Å²) in [4.78, 5) is 49.4. The van der Waals surface area contributed by atoms with E-state index in [9.17, 15) is 19.2 Å². The van der Waals surface area contributed by atoms with E-state index >= 15 is 0 Å². The van der Waals surface area contributed by atoms with Crippen LogP contribution in [0.2, 0.25) is 0 Å². The maximum absolute atomic E-state index is 12.5. The number of carbonyl (C=O) groups excluding carboxylic acids is 3. The molecule has 0 radical (unpaired) electrons. The van der Waals surface area contributed by atoms with E-state index in [1.54, 1.807) is 21.7 Å². The van der Waals surface area contributed by atoms with Gasteiger partial charge in [-0.1, -0.05) is 0 Å². The first-order valence-corrected chi connectivity index (χ1v) is 9.83. The van der Waals surface area contributed by atoms with Crippen molar-refractivity contribution in [2.75, 3.05) is 13.1 Å². The van der Waals surface area contributed by atoms with Crippen molar-refractivity contribution < 1.29 is 23.9 Å². The molecule has 3 heterocycles. The number of likely N-dealkylation sites (tertiary alicyclic amines) is 1. The molecule has 2 saturated heterocycles. The fourth-order valence-corrected chi connectivity index (χ4v) is 3.45. The van der Waals surface area contributed by atoms with Gasteiger partial charge in [0.05, 0.1) is 0 Å². The lowest BCUT2D eigenvalue weighted by atomic mass is 10.0. The van der Waals surface area contributed by atoms with Gasteiger partial charge in [-0.15, -0.1) is 0 Å². The van der Waals surface area contributed by atoms with E-state index in [0.717, 1.165) is 0 Å². The van der Waals surface area contributed by atoms with Gasteiger partial charge in [0.1, 0.15) is 11.4 Å². The summed E-state index contributed by atoms with van der Waals surface area (Å²) in [6, 6.07) is 2.97. The van der Waals surface area contributed by atoms with E-state index in [4.69, 9.17) is 9.47 Å². The van der Waals surface area contributed by atoms with Crippen LogP contribution in [0.3, 0.4) is 0 Å². The van der Waals surface area contributed by atoms with Crippen LogP contribution in [-0.4, -0.2) is 52.2 Å². The Labute approximate surface area is 169 Å². The predicted molar refractivity (Wildman–Crippen MR) is 104 cm³/mol. The molecule has 9 heteroatoms. The van der Waals surface area contributed by atoms with E-state index in [-0.39, 0.29) is 36.4 Å². The van der Waals surface area contributed by atoms with Crippen molar-refractivity contribution in [1.29, 1.82) is 0 Å². The van der Waals surface area contributed by atoms with Crippen molar-refractivity contribution >= 4 is 17.9 Å². The van der Waals surface area contributed by atoms with Crippen LogP contribution in [0.25, 0.3) is 0 Å². The van der Waals surface area contributed by atoms with Gasteiger partial charge in [0, 0.05) is 44.2 Å². The molecule has 0 aromatic carbocycles. The zero-order valence-corrected chi connectivity index (χ0v) is 17.0. The molecular formula is C20H27N3O6. The summed E-state index contributed by atoms with van der Waals surface area (Å²) >= 11 is 0. The Bertz CT molecular complexity index is 849. The molecule has 1 N–H and O–H groups in total. The van der Waals surface area contributed by atoms with Crippen LogP contribution >= 0.6 is 0 Å².